The van der Waals surface area contributed by atoms with Crippen molar-refractivity contribution in [2.24, 2.45) is 0 Å². The molecule has 0 bridgehead atoms. The number of ether oxygens (including phenoxy) is 1. The second kappa shape index (κ2) is 7.84. The van der Waals surface area contributed by atoms with Gasteiger partial charge in [-0.1, -0.05) is 43.3 Å². The summed E-state index contributed by atoms with van der Waals surface area (Å²) in [5, 5.41) is 0. The van der Waals surface area contributed by atoms with Crippen LogP contribution < -0.4 is 4.90 Å². The van der Waals surface area contributed by atoms with E-state index in [1.54, 1.807) is 6.20 Å². The molecule has 1 fully saturated rings. The zero-order valence-corrected chi connectivity index (χ0v) is 15.7. The molecule has 0 unspecified atom stereocenters. The fraction of sp³-hybridized carbons (Fsp3) is 0.318. The van der Waals surface area contributed by atoms with Gasteiger partial charge in [0.1, 0.15) is 11.5 Å². The van der Waals surface area contributed by atoms with Gasteiger partial charge in [-0.25, -0.2) is 9.97 Å². The van der Waals surface area contributed by atoms with Crippen molar-refractivity contribution in [3.63, 3.8) is 0 Å². The number of pyridine rings is 1. The van der Waals surface area contributed by atoms with Crippen molar-refractivity contribution in [2.45, 2.75) is 32.4 Å². The van der Waals surface area contributed by atoms with Gasteiger partial charge in [0.15, 0.2) is 5.82 Å². The summed E-state index contributed by atoms with van der Waals surface area (Å²) < 4.78 is 5.97. The normalized spacial score (nSPS) is 19.9. The number of aryl methyl sites for hydroxylation is 1. The molecule has 2 atom stereocenters. The summed E-state index contributed by atoms with van der Waals surface area (Å²) in [6.07, 6.45) is 2.79. The monoisotopic (exact) mass is 360 g/mol. The Morgan fingerprint density at radius 1 is 1.07 bits per heavy atom. The molecule has 1 aliphatic rings. The number of rotatable bonds is 4. The molecule has 2 aromatic heterocycles. The molecule has 27 heavy (non-hydrogen) atoms. The summed E-state index contributed by atoms with van der Waals surface area (Å²) in [4.78, 5) is 16.4. The van der Waals surface area contributed by atoms with Gasteiger partial charge in [-0.2, -0.15) is 0 Å². The van der Waals surface area contributed by atoms with Crippen LogP contribution in [-0.4, -0.2) is 34.2 Å². The average Bonchev–Trinajstić information content (AvgIpc) is 2.74. The highest BCUT2D eigenvalue weighted by molar-refractivity contribution is 5.55. The van der Waals surface area contributed by atoms with Gasteiger partial charge in [0.25, 0.3) is 0 Å². The SMILES string of the molecule is CCc1cc(N2C[C@@H](C)OC[C@H]2c2ccccc2)nc(-c2ccccn2)n1. The van der Waals surface area contributed by atoms with Crippen molar-refractivity contribution in [1.82, 2.24) is 15.0 Å². The molecule has 1 aromatic carbocycles. The summed E-state index contributed by atoms with van der Waals surface area (Å²) in [7, 11) is 0. The van der Waals surface area contributed by atoms with Crippen molar-refractivity contribution in [2.75, 3.05) is 18.1 Å². The van der Waals surface area contributed by atoms with Crippen LogP contribution in [0.1, 0.15) is 31.1 Å². The van der Waals surface area contributed by atoms with Crippen molar-refractivity contribution >= 4 is 5.82 Å². The van der Waals surface area contributed by atoms with Crippen LogP contribution in [0.15, 0.2) is 60.8 Å². The van der Waals surface area contributed by atoms with Gasteiger partial charge in [-0.3, -0.25) is 4.98 Å². The van der Waals surface area contributed by atoms with Crippen LogP contribution in [0.25, 0.3) is 11.5 Å². The molecule has 0 radical (unpaired) electrons. The molecule has 138 valence electrons. The minimum absolute atomic E-state index is 0.138. The summed E-state index contributed by atoms with van der Waals surface area (Å²) in [6.45, 7) is 5.66. The highest BCUT2D eigenvalue weighted by atomic mass is 16.5. The van der Waals surface area contributed by atoms with E-state index in [2.05, 4.69) is 54.1 Å². The lowest BCUT2D eigenvalue weighted by Crippen LogP contribution is -2.44. The first-order valence-electron chi connectivity index (χ1n) is 9.47. The van der Waals surface area contributed by atoms with Crippen molar-refractivity contribution in [3.05, 3.63) is 72.1 Å². The van der Waals surface area contributed by atoms with Gasteiger partial charge in [0.05, 0.1) is 18.8 Å². The van der Waals surface area contributed by atoms with Crippen LogP contribution in [0.5, 0.6) is 0 Å². The van der Waals surface area contributed by atoms with E-state index < -0.39 is 0 Å². The Bertz CT molecular complexity index is 885. The molecular formula is C22H24N4O. The fourth-order valence-corrected chi connectivity index (χ4v) is 3.43. The van der Waals surface area contributed by atoms with E-state index in [0.717, 1.165) is 30.2 Å². The molecule has 0 N–H and O–H groups in total. The molecule has 1 aliphatic heterocycles. The van der Waals surface area contributed by atoms with E-state index in [9.17, 15) is 0 Å². The third-order valence-electron chi connectivity index (χ3n) is 4.87. The van der Waals surface area contributed by atoms with Crippen LogP contribution in [0.4, 0.5) is 5.82 Å². The lowest BCUT2D eigenvalue weighted by Gasteiger charge is -2.40. The lowest BCUT2D eigenvalue weighted by atomic mass is 10.0. The number of hydrogen-bond donors (Lipinski definition) is 0. The Labute approximate surface area is 160 Å². The van der Waals surface area contributed by atoms with E-state index in [0.29, 0.717) is 12.4 Å². The van der Waals surface area contributed by atoms with Gasteiger partial charge < -0.3 is 9.64 Å². The van der Waals surface area contributed by atoms with Crippen LogP contribution in [0.2, 0.25) is 0 Å². The summed E-state index contributed by atoms with van der Waals surface area (Å²) in [6, 6.07) is 18.5. The molecule has 0 amide bonds. The first-order chi connectivity index (χ1) is 13.2. The molecular weight excluding hydrogens is 336 g/mol. The summed E-state index contributed by atoms with van der Waals surface area (Å²) in [5.74, 6) is 1.61. The molecule has 0 spiro atoms. The van der Waals surface area contributed by atoms with Gasteiger partial charge in [-0.15, -0.1) is 0 Å². The predicted molar refractivity (Wildman–Crippen MR) is 107 cm³/mol. The summed E-state index contributed by atoms with van der Waals surface area (Å²) in [5.41, 5.74) is 3.05. The fourth-order valence-electron chi connectivity index (χ4n) is 3.43. The maximum atomic E-state index is 5.97. The standard InChI is InChI=1S/C22H24N4O/c1-3-18-13-21(25-22(24-18)19-11-7-8-12-23-19)26-14-16(2)27-15-20(26)17-9-5-4-6-10-17/h4-13,16,20H,3,14-15H2,1-2H3/t16-,20+/m1/s1. The van der Waals surface area contributed by atoms with Crippen LogP contribution in [0.3, 0.4) is 0 Å². The Morgan fingerprint density at radius 2 is 1.89 bits per heavy atom. The quantitative estimate of drug-likeness (QED) is 0.702. The Morgan fingerprint density at radius 3 is 2.63 bits per heavy atom. The number of aromatic nitrogens is 3. The zero-order valence-electron chi connectivity index (χ0n) is 15.7. The van der Waals surface area contributed by atoms with Crippen LogP contribution in [0, 0.1) is 0 Å². The zero-order chi connectivity index (χ0) is 18.6. The number of anilines is 1. The van der Waals surface area contributed by atoms with Crippen molar-refractivity contribution < 1.29 is 4.74 Å². The number of nitrogens with zero attached hydrogens (tertiary/aromatic N) is 4. The van der Waals surface area contributed by atoms with E-state index in [1.807, 2.05) is 24.3 Å². The maximum Gasteiger partial charge on any atom is 0.180 e. The highest BCUT2D eigenvalue weighted by Crippen LogP contribution is 2.31. The minimum atomic E-state index is 0.138. The van der Waals surface area contributed by atoms with Crippen LogP contribution >= 0.6 is 0 Å². The first kappa shape index (κ1) is 17.6. The van der Waals surface area contributed by atoms with Crippen molar-refractivity contribution in [3.8, 4) is 11.5 Å². The molecule has 5 heteroatoms. The molecule has 0 saturated carbocycles. The summed E-state index contributed by atoms with van der Waals surface area (Å²) >= 11 is 0. The van der Waals surface area contributed by atoms with Gasteiger partial charge >= 0.3 is 0 Å². The molecule has 5 nitrogen and oxygen atoms in total. The molecule has 3 heterocycles. The smallest absolute Gasteiger partial charge is 0.180 e. The Hall–Kier alpha value is -2.79. The molecule has 0 aliphatic carbocycles. The van der Waals surface area contributed by atoms with Crippen molar-refractivity contribution in [1.29, 1.82) is 0 Å². The predicted octanol–water partition coefficient (Wildman–Crippen LogP) is 4.07. The van der Waals surface area contributed by atoms with E-state index in [1.165, 1.54) is 5.56 Å². The number of benzene rings is 1. The number of morpholine rings is 1. The third kappa shape index (κ3) is 3.83. The first-order valence-corrected chi connectivity index (χ1v) is 9.47. The van der Waals surface area contributed by atoms with Gasteiger partial charge in [-0.05, 0) is 31.0 Å². The van der Waals surface area contributed by atoms with Gasteiger partial charge in [0, 0.05) is 24.5 Å². The minimum Gasteiger partial charge on any atom is -0.374 e. The molecule has 3 aromatic rings. The van der Waals surface area contributed by atoms with Gasteiger partial charge in [0.2, 0.25) is 0 Å². The Kier molecular flexibility index (Phi) is 5.12. The second-order valence-corrected chi connectivity index (χ2v) is 6.83. The third-order valence-corrected chi connectivity index (χ3v) is 4.87. The van der Waals surface area contributed by atoms with E-state index in [-0.39, 0.29) is 12.1 Å². The highest BCUT2D eigenvalue weighted by Gasteiger charge is 2.29. The average molecular weight is 360 g/mol. The van der Waals surface area contributed by atoms with E-state index >= 15 is 0 Å². The van der Waals surface area contributed by atoms with Crippen LogP contribution in [-0.2, 0) is 11.2 Å². The number of hydrogen-bond acceptors (Lipinski definition) is 5. The molecule has 4 rings (SSSR count). The lowest BCUT2D eigenvalue weighted by molar-refractivity contribution is 0.0300. The Balaban J connectivity index is 1.77. The largest absolute Gasteiger partial charge is 0.374 e. The topological polar surface area (TPSA) is 51.1 Å². The maximum absolute atomic E-state index is 5.97. The second-order valence-electron chi connectivity index (χ2n) is 6.83. The van der Waals surface area contributed by atoms with E-state index in [4.69, 9.17) is 14.7 Å². The molecule has 1 saturated heterocycles.